The maximum absolute atomic E-state index is 13.7. The molecule has 0 atom stereocenters. The summed E-state index contributed by atoms with van der Waals surface area (Å²) in [5.41, 5.74) is 1.71. The molecule has 2 aliphatic rings. The van der Waals surface area contributed by atoms with E-state index in [2.05, 4.69) is 4.99 Å². The van der Waals surface area contributed by atoms with Crippen LogP contribution in [-0.2, 0) is 15.9 Å². The van der Waals surface area contributed by atoms with Gasteiger partial charge in [-0.05, 0) is 56.4 Å². The molecule has 2 heterocycles. The van der Waals surface area contributed by atoms with Crippen LogP contribution in [0.25, 0.3) is 0 Å². The van der Waals surface area contributed by atoms with Crippen LogP contribution in [0.3, 0.4) is 0 Å². The van der Waals surface area contributed by atoms with E-state index in [4.69, 9.17) is 9.31 Å². The van der Waals surface area contributed by atoms with E-state index in [1.54, 1.807) is 6.21 Å². The Labute approximate surface area is 113 Å². The zero-order valence-corrected chi connectivity index (χ0v) is 11.7. The molecule has 1 fully saturated rings. The van der Waals surface area contributed by atoms with Crippen LogP contribution in [0.5, 0.6) is 0 Å². The van der Waals surface area contributed by atoms with Crippen LogP contribution in [0, 0.1) is 5.82 Å². The fourth-order valence-corrected chi connectivity index (χ4v) is 2.39. The van der Waals surface area contributed by atoms with Crippen molar-refractivity contribution in [3.63, 3.8) is 0 Å². The molecule has 1 aromatic rings. The Kier molecular flexibility index (Phi) is 2.63. The maximum atomic E-state index is 13.7. The molecule has 3 rings (SSSR count). The van der Waals surface area contributed by atoms with Crippen molar-refractivity contribution >= 4 is 18.8 Å². The zero-order chi connectivity index (χ0) is 13.8. The minimum absolute atomic E-state index is 0.269. The molecular weight excluding hydrogens is 244 g/mol. The van der Waals surface area contributed by atoms with E-state index in [1.165, 1.54) is 12.1 Å². The minimum Gasteiger partial charge on any atom is -0.399 e. The van der Waals surface area contributed by atoms with Crippen LogP contribution in [0.1, 0.15) is 38.8 Å². The number of nitrogens with zero attached hydrogens (tertiary/aromatic N) is 1. The summed E-state index contributed by atoms with van der Waals surface area (Å²) in [6, 6.07) is 3.01. The van der Waals surface area contributed by atoms with Gasteiger partial charge in [0.1, 0.15) is 5.82 Å². The number of aliphatic imine (C=N–C) groups is 1. The van der Waals surface area contributed by atoms with Crippen LogP contribution >= 0.6 is 0 Å². The molecule has 0 unspecified atom stereocenters. The molecule has 3 nitrogen and oxygen atoms in total. The van der Waals surface area contributed by atoms with Crippen LogP contribution < -0.4 is 5.46 Å². The van der Waals surface area contributed by atoms with Crippen molar-refractivity contribution in [3.8, 4) is 0 Å². The van der Waals surface area contributed by atoms with Gasteiger partial charge in [0.25, 0.3) is 0 Å². The van der Waals surface area contributed by atoms with Gasteiger partial charge in [-0.2, -0.15) is 0 Å². The first-order valence-electron chi connectivity index (χ1n) is 6.48. The molecule has 1 saturated heterocycles. The summed E-state index contributed by atoms with van der Waals surface area (Å²) in [6.45, 7) is 8.47. The van der Waals surface area contributed by atoms with Gasteiger partial charge in [-0.25, -0.2) is 4.39 Å². The Balaban J connectivity index is 2.03. The van der Waals surface area contributed by atoms with Crippen molar-refractivity contribution in [2.45, 2.75) is 45.4 Å². The standard InChI is InChI=1S/C14H17BFNO2/c1-13(2)14(3,4)19-15(18-13)12-6-10(16)5-9-7-17-8-11(9)12/h5-6,8H,7H2,1-4H3. The summed E-state index contributed by atoms with van der Waals surface area (Å²) < 4.78 is 25.7. The summed E-state index contributed by atoms with van der Waals surface area (Å²) >= 11 is 0. The lowest BCUT2D eigenvalue weighted by molar-refractivity contribution is 0.00578. The number of fused-ring (bicyclic) bond motifs is 1. The molecule has 2 aliphatic heterocycles. The summed E-state index contributed by atoms with van der Waals surface area (Å²) in [4.78, 5) is 4.19. The lowest BCUT2D eigenvalue weighted by Crippen LogP contribution is -2.41. The van der Waals surface area contributed by atoms with E-state index < -0.39 is 18.3 Å². The molecule has 0 radical (unpaired) electrons. The summed E-state index contributed by atoms with van der Waals surface area (Å²) in [7, 11) is -0.543. The third-order valence-electron chi connectivity index (χ3n) is 4.25. The van der Waals surface area contributed by atoms with Gasteiger partial charge in [-0.3, -0.25) is 4.99 Å². The van der Waals surface area contributed by atoms with E-state index in [0.29, 0.717) is 6.54 Å². The molecule has 0 amide bonds. The second kappa shape index (κ2) is 3.90. The van der Waals surface area contributed by atoms with E-state index in [9.17, 15) is 4.39 Å². The Bertz CT molecular complexity index is 553. The highest BCUT2D eigenvalue weighted by molar-refractivity contribution is 6.63. The highest BCUT2D eigenvalue weighted by Gasteiger charge is 2.52. The lowest BCUT2D eigenvalue weighted by Gasteiger charge is -2.32. The Hall–Kier alpha value is -1.20. The van der Waals surface area contributed by atoms with Crippen LogP contribution in [0.4, 0.5) is 4.39 Å². The summed E-state index contributed by atoms with van der Waals surface area (Å²) in [5.74, 6) is -0.269. The normalized spacial score (nSPS) is 22.9. The highest BCUT2D eigenvalue weighted by Crippen LogP contribution is 2.37. The van der Waals surface area contributed by atoms with Gasteiger partial charge in [-0.1, -0.05) is 0 Å². The Morgan fingerprint density at radius 3 is 2.42 bits per heavy atom. The van der Waals surface area contributed by atoms with Gasteiger partial charge in [0.2, 0.25) is 0 Å². The first kappa shape index (κ1) is 12.8. The van der Waals surface area contributed by atoms with E-state index in [1.807, 2.05) is 27.7 Å². The minimum atomic E-state index is -0.543. The van der Waals surface area contributed by atoms with Crippen molar-refractivity contribution < 1.29 is 13.7 Å². The molecule has 19 heavy (non-hydrogen) atoms. The third-order valence-corrected chi connectivity index (χ3v) is 4.25. The van der Waals surface area contributed by atoms with Crippen LogP contribution in [0.2, 0.25) is 0 Å². The average molecular weight is 261 g/mol. The van der Waals surface area contributed by atoms with Crippen LogP contribution in [-0.4, -0.2) is 24.5 Å². The van der Waals surface area contributed by atoms with Gasteiger partial charge < -0.3 is 9.31 Å². The monoisotopic (exact) mass is 261 g/mol. The highest BCUT2D eigenvalue weighted by atomic mass is 19.1. The van der Waals surface area contributed by atoms with Gasteiger partial charge in [0.05, 0.1) is 17.7 Å². The quantitative estimate of drug-likeness (QED) is 0.724. The van der Waals surface area contributed by atoms with Crippen LogP contribution in [0.15, 0.2) is 17.1 Å². The Morgan fingerprint density at radius 2 is 1.79 bits per heavy atom. The largest absolute Gasteiger partial charge is 0.495 e. The van der Waals surface area contributed by atoms with Gasteiger partial charge in [0, 0.05) is 6.21 Å². The van der Waals surface area contributed by atoms with E-state index in [-0.39, 0.29) is 5.82 Å². The summed E-state index contributed by atoms with van der Waals surface area (Å²) in [6.07, 6.45) is 1.77. The third kappa shape index (κ3) is 1.92. The summed E-state index contributed by atoms with van der Waals surface area (Å²) in [5, 5.41) is 0. The van der Waals surface area contributed by atoms with Gasteiger partial charge >= 0.3 is 7.12 Å². The number of rotatable bonds is 1. The smallest absolute Gasteiger partial charge is 0.399 e. The maximum Gasteiger partial charge on any atom is 0.495 e. The zero-order valence-electron chi connectivity index (χ0n) is 11.7. The molecule has 100 valence electrons. The lowest BCUT2D eigenvalue weighted by atomic mass is 9.75. The molecule has 0 aromatic heterocycles. The number of benzene rings is 1. The van der Waals surface area contributed by atoms with E-state index >= 15 is 0 Å². The molecule has 5 heteroatoms. The Morgan fingerprint density at radius 1 is 1.16 bits per heavy atom. The van der Waals surface area contributed by atoms with E-state index in [0.717, 1.165) is 16.6 Å². The second-order valence-corrected chi connectivity index (χ2v) is 6.13. The molecular formula is C14H17BFNO2. The fraction of sp³-hybridized carbons (Fsp3) is 0.500. The molecule has 1 aromatic carbocycles. The van der Waals surface area contributed by atoms with Crippen molar-refractivity contribution in [2.75, 3.05) is 0 Å². The first-order chi connectivity index (χ1) is 8.80. The molecule has 0 N–H and O–H groups in total. The van der Waals surface area contributed by atoms with Crippen molar-refractivity contribution in [3.05, 3.63) is 29.1 Å². The van der Waals surface area contributed by atoms with Gasteiger partial charge in [0.15, 0.2) is 0 Å². The molecule has 0 aliphatic carbocycles. The topological polar surface area (TPSA) is 30.8 Å². The van der Waals surface area contributed by atoms with Gasteiger partial charge in [-0.15, -0.1) is 0 Å². The first-order valence-corrected chi connectivity index (χ1v) is 6.48. The van der Waals surface area contributed by atoms with Crippen molar-refractivity contribution in [2.24, 2.45) is 4.99 Å². The molecule has 0 bridgehead atoms. The number of halogens is 1. The molecule has 0 spiro atoms. The number of hydrogen-bond acceptors (Lipinski definition) is 3. The predicted octanol–water partition coefficient (Wildman–Crippen LogP) is 2.06. The number of hydrogen-bond donors (Lipinski definition) is 0. The van der Waals surface area contributed by atoms with Crippen molar-refractivity contribution in [1.82, 2.24) is 0 Å². The average Bonchev–Trinajstić information content (AvgIpc) is 2.80. The second-order valence-electron chi connectivity index (χ2n) is 6.13. The predicted molar refractivity (Wildman–Crippen MR) is 73.4 cm³/mol. The molecule has 0 saturated carbocycles. The fourth-order valence-electron chi connectivity index (χ4n) is 2.39. The SMILES string of the molecule is CC1(C)OB(c2cc(F)cc3c2C=NC3)OC1(C)C. The van der Waals surface area contributed by atoms with Crippen molar-refractivity contribution in [1.29, 1.82) is 0 Å².